The van der Waals surface area contributed by atoms with E-state index in [0.717, 1.165) is 7.11 Å². The number of halogens is 1. The van der Waals surface area contributed by atoms with Crippen LogP contribution in [0, 0.1) is 5.82 Å². The summed E-state index contributed by atoms with van der Waals surface area (Å²) in [6.45, 7) is 2.85. The molecule has 0 saturated heterocycles. The van der Waals surface area contributed by atoms with E-state index in [0.29, 0.717) is 0 Å². The van der Waals surface area contributed by atoms with E-state index < -0.39 is 29.0 Å². The Hall–Kier alpha value is -1.99. The van der Waals surface area contributed by atoms with Gasteiger partial charge < -0.3 is 20.9 Å². The summed E-state index contributed by atoms with van der Waals surface area (Å²) in [6.07, 6.45) is -0.368. The first-order valence-corrected chi connectivity index (χ1v) is 6.26. The van der Waals surface area contributed by atoms with Gasteiger partial charge in [0, 0.05) is 13.5 Å². The maximum Gasteiger partial charge on any atom is 0.357 e. The van der Waals surface area contributed by atoms with Crippen LogP contribution in [0.1, 0.15) is 19.4 Å². The van der Waals surface area contributed by atoms with Gasteiger partial charge in [-0.3, -0.25) is 4.79 Å². The quantitative estimate of drug-likeness (QED) is 0.669. The molecule has 21 heavy (non-hydrogen) atoms. The number of carboxylic acids is 1. The molecule has 1 rings (SSSR count). The standard InChI is InChI=1S/C14H19FN2O4/c1-13(2,16)11(18)17-14(21-3,12(19)20)8-9-6-4-5-7-10(9)15/h4-7H,8,16H2,1-3H3,(H,17,18)(H,19,20)/t14-/m1/s1. The summed E-state index contributed by atoms with van der Waals surface area (Å²) in [7, 11) is 1.12. The normalized spacial score (nSPS) is 14.3. The number of amides is 1. The van der Waals surface area contributed by atoms with Crippen LogP contribution >= 0.6 is 0 Å². The predicted octanol–water partition coefficient (Wildman–Crippen LogP) is 0.649. The lowest BCUT2D eigenvalue weighted by Crippen LogP contribution is -2.63. The summed E-state index contributed by atoms with van der Waals surface area (Å²) in [6, 6.07) is 5.67. The lowest BCUT2D eigenvalue weighted by Gasteiger charge is -2.32. The molecule has 0 aliphatic rings. The molecule has 1 aromatic carbocycles. The lowest BCUT2D eigenvalue weighted by molar-refractivity contribution is -0.170. The van der Waals surface area contributed by atoms with Crippen molar-refractivity contribution in [3.63, 3.8) is 0 Å². The van der Waals surface area contributed by atoms with Gasteiger partial charge in [-0.15, -0.1) is 0 Å². The van der Waals surface area contributed by atoms with Crippen LogP contribution < -0.4 is 11.1 Å². The van der Waals surface area contributed by atoms with Gasteiger partial charge in [0.05, 0.1) is 5.54 Å². The molecule has 0 unspecified atom stereocenters. The van der Waals surface area contributed by atoms with Gasteiger partial charge in [-0.05, 0) is 25.5 Å². The molecule has 0 aromatic heterocycles. The molecule has 7 heteroatoms. The average molecular weight is 298 g/mol. The molecular formula is C14H19FN2O4. The second kappa shape index (κ2) is 6.19. The molecule has 1 amide bonds. The van der Waals surface area contributed by atoms with Crippen molar-refractivity contribution in [2.45, 2.75) is 31.5 Å². The van der Waals surface area contributed by atoms with Crippen LogP contribution in [-0.2, 0) is 20.7 Å². The summed E-state index contributed by atoms with van der Waals surface area (Å²) in [5.74, 6) is -2.74. The second-order valence-corrected chi connectivity index (χ2v) is 5.28. The van der Waals surface area contributed by atoms with Crippen LogP contribution in [0.3, 0.4) is 0 Å². The van der Waals surface area contributed by atoms with Crippen LogP contribution in [0.25, 0.3) is 0 Å². The third-order valence-corrected chi connectivity index (χ3v) is 2.99. The molecule has 0 fully saturated rings. The van der Waals surface area contributed by atoms with Crippen LogP contribution in [0.15, 0.2) is 24.3 Å². The molecule has 0 saturated carbocycles. The van der Waals surface area contributed by atoms with Crippen molar-refractivity contribution in [2.75, 3.05) is 7.11 Å². The number of carbonyl (C=O) groups excluding carboxylic acids is 1. The molecule has 0 radical (unpaired) electrons. The van der Waals surface area contributed by atoms with Gasteiger partial charge in [0.15, 0.2) is 0 Å². The van der Waals surface area contributed by atoms with Crippen molar-refractivity contribution < 1.29 is 23.8 Å². The van der Waals surface area contributed by atoms with E-state index in [1.807, 2.05) is 0 Å². The molecule has 1 aromatic rings. The smallest absolute Gasteiger partial charge is 0.357 e. The summed E-state index contributed by atoms with van der Waals surface area (Å²) < 4.78 is 18.7. The maximum atomic E-state index is 13.7. The molecule has 0 aliphatic carbocycles. The van der Waals surface area contributed by atoms with E-state index in [2.05, 4.69) is 5.32 Å². The van der Waals surface area contributed by atoms with E-state index in [4.69, 9.17) is 10.5 Å². The van der Waals surface area contributed by atoms with Crippen molar-refractivity contribution in [3.8, 4) is 0 Å². The van der Waals surface area contributed by atoms with E-state index in [-0.39, 0.29) is 12.0 Å². The summed E-state index contributed by atoms with van der Waals surface area (Å²) in [5.41, 5.74) is 2.35. The Labute approximate surface area is 122 Å². The Kier molecular flexibility index (Phi) is 5.03. The Morgan fingerprint density at radius 3 is 2.38 bits per heavy atom. The van der Waals surface area contributed by atoms with Gasteiger partial charge in [0.1, 0.15) is 5.82 Å². The molecule has 0 bridgehead atoms. The van der Waals surface area contributed by atoms with Gasteiger partial charge in [-0.2, -0.15) is 0 Å². The average Bonchev–Trinajstić information content (AvgIpc) is 2.38. The highest BCUT2D eigenvalue weighted by Gasteiger charge is 2.43. The maximum absolute atomic E-state index is 13.7. The zero-order valence-electron chi connectivity index (χ0n) is 12.1. The number of rotatable bonds is 6. The molecule has 116 valence electrons. The fraction of sp³-hybridized carbons (Fsp3) is 0.429. The summed E-state index contributed by atoms with van der Waals surface area (Å²) >= 11 is 0. The first kappa shape index (κ1) is 17.1. The number of aliphatic carboxylic acids is 1. The van der Waals surface area contributed by atoms with E-state index in [1.54, 1.807) is 6.07 Å². The molecule has 4 N–H and O–H groups in total. The molecule has 6 nitrogen and oxygen atoms in total. The Bertz CT molecular complexity index is 542. The van der Waals surface area contributed by atoms with E-state index in [1.165, 1.54) is 32.0 Å². The van der Waals surface area contributed by atoms with Gasteiger partial charge >= 0.3 is 5.97 Å². The molecule has 0 aliphatic heterocycles. The number of nitrogens with two attached hydrogens (primary N) is 1. The number of nitrogens with one attached hydrogen (secondary N) is 1. The van der Waals surface area contributed by atoms with Crippen molar-refractivity contribution in [1.82, 2.24) is 5.32 Å². The largest absolute Gasteiger partial charge is 0.478 e. The molecule has 1 atom stereocenters. The number of hydrogen-bond donors (Lipinski definition) is 3. The first-order valence-electron chi connectivity index (χ1n) is 6.26. The van der Waals surface area contributed by atoms with Crippen LogP contribution in [0.2, 0.25) is 0 Å². The monoisotopic (exact) mass is 298 g/mol. The SMILES string of the molecule is CO[C@@](Cc1ccccc1F)(NC(=O)C(C)(C)N)C(=O)O. The van der Waals surface area contributed by atoms with Gasteiger partial charge in [0.25, 0.3) is 0 Å². The topological polar surface area (TPSA) is 102 Å². The van der Waals surface area contributed by atoms with Gasteiger partial charge in [0.2, 0.25) is 11.6 Å². The highest BCUT2D eigenvalue weighted by Crippen LogP contribution is 2.19. The molecule has 0 spiro atoms. The Morgan fingerprint density at radius 2 is 1.95 bits per heavy atom. The minimum Gasteiger partial charge on any atom is -0.478 e. The van der Waals surface area contributed by atoms with Crippen LogP contribution in [-0.4, -0.2) is 35.4 Å². The molecular weight excluding hydrogens is 279 g/mol. The third-order valence-electron chi connectivity index (χ3n) is 2.99. The number of methoxy groups -OCH3 is 1. The fourth-order valence-corrected chi connectivity index (χ4v) is 1.64. The summed E-state index contributed by atoms with van der Waals surface area (Å²) in [5, 5.41) is 11.6. The lowest BCUT2D eigenvalue weighted by atomic mass is 9.99. The number of carboxylic acid groups (broad SMARTS) is 1. The zero-order valence-corrected chi connectivity index (χ0v) is 12.1. The summed E-state index contributed by atoms with van der Waals surface area (Å²) in [4.78, 5) is 23.5. The zero-order chi connectivity index (χ0) is 16.3. The predicted molar refractivity (Wildman–Crippen MR) is 73.9 cm³/mol. The third kappa shape index (κ3) is 3.99. The number of ether oxygens (including phenoxy) is 1. The fourth-order valence-electron chi connectivity index (χ4n) is 1.64. The molecule has 0 heterocycles. The number of benzene rings is 1. The van der Waals surface area contributed by atoms with Gasteiger partial charge in [-0.25, -0.2) is 9.18 Å². The van der Waals surface area contributed by atoms with Crippen molar-refractivity contribution in [1.29, 1.82) is 0 Å². The van der Waals surface area contributed by atoms with Crippen LogP contribution in [0.5, 0.6) is 0 Å². The van der Waals surface area contributed by atoms with E-state index in [9.17, 15) is 19.1 Å². The highest BCUT2D eigenvalue weighted by atomic mass is 19.1. The minimum absolute atomic E-state index is 0.108. The number of hydrogen-bond acceptors (Lipinski definition) is 4. The Morgan fingerprint density at radius 1 is 1.38 bits per heavy atom. The van der Waals surface area contributed by atoms with Crippen molar-refractivity contribution >= 4 is 11.9 Å². The highest BCUT2D eigenvalue weighted by molar-refractivity contribution is 5.90. The van der Waals surface area contributed by atoms with Crippen molar-refractivity contribution in [2.24, 2.45) is 5.73 Å². The van der Waals surface area contributed by atoms with Crippen LogP contribution in [0.4, 0.5) is 4.39 Å². The minimum atomic E-state index is -2.09. The van der Waals surface area contributed by atoms with E-state index >= 15 is 0 Å². The second-order valence-electron chi connectivity index (χ2n) is 5.28. The van der Waals surface area contributed by atoms with Crippen molar-refractivity contribution in [3.05, 3.63) is 35.6 Å². The Balaban J connectivity index is 3.13. The van der Waals surface area contributed by atoms with Gasteiger partial charge in [-0.1, -0.05) is 18.2 Å². The first-order chi connectivity index (χ1) is 9.62. The number of carbonyl (C=O) groups is 2.